The van der Waals surface area contributed by atoms with E-state index in [1.807, 2.05) is 23.9 Å². The molecule has 7 heteroatoms. The summed E-state index contributed by atoms with van der Waals surface area (Å²) in [5.41, 5.74) is 0.0730. The summed E-state index contributed by atoms with van der Waals surface area (Å²) >= 11 is 1.29. The first-order valence-electron chi connectivity index (χ1n) is 5.08. The summed E-state index contributed by atoms with van der Waals surface area (Å²) in [6, 6.07) is 1.99. The van der Waals surface area contributed by atoms with E-state index in [2.05, 4.69) is 15.4 Å². The second-order valence-electron chi connectivity index (χ2n) is 3.62. The van der Waals surface area contributed by atoms with Crippen molar-refractivity contribution in [3.05, 3.63) is 29.5 Å². The van der Waals surface area contributed by atoms with Crippen LogP contribution in [-0.4, -0.2) is 31.9 Å². The van der Waals surface area contributed by atoms with Crippen molar-refractivity contribution in [1.29, 1.82) is 0 Å². The van der Waals surface area contributed by atoms with Gasteiger partial charge in [0.2, 0.25) is 0 Å². The Labute approximate surface area is 102 Å². The van der Waals surface area contributed by atoms with Crippen LogP contribution in [0.3, 0.4) is 0 Å². The third kappa shape index (κ3) is 3.04. The summed E-state index contributed by atoms with van der Waals surface area (Å²) in [6.07, 6.45) is 3.60. The maximum Gasteiger partial charge on any atom is 0.355 e. The highest BCUT2D eigenvalue weighted by molar-refractivity contribution is 7.13. The van der Waals surface area contributed by atoms with Crippen LogP contribution in [0.1, 0.15) is 17.4 Å². The molecule has 0 aromatic carbocycles. The zero-order valence-corrected chi connectivity index (χ0v) is 10.0. The molecule has 0 bridgehead atoms. The Bertz CT molecular complexity index is 494. The molecule has 0 aliphatic heterocycles. The van der Waals surface area contributed by atoms with Gasteiger partial charge in [-0.1, -0.05) is 0 Å². The molecule has 0 saturated carbocycles. The molecule has 0 amide bonds. The molecule has 2 rings (SSSR count). The van der Waals surface area contributed by atoms with Crippen molar-refractivity contribution in [2.24, 2.45) is 0 Å². The number of carboxylic acids is 1. The van der Waals surface area contributed by atoms with Crippen molar-refractivity contribution >= 4 is 22.4 Å². The summed E-state index contributed by atoms with van der Waals surface area (Å²) in [6.45, 7) is 2.69. The number of nitrogens with one attached hydrogen (secondary N) is 1. The first-order chi connectivity index (χ1) is 8.15. The van der Waals surface area contributed by atoms with Crippen molar-refractivity contribution in [2.45, 2.75) is 19.5 Å². The number of thiazole rings is 1. The van der Waals surface area contributed by atoms with E-state index in [4.69, 9.17) is 5.11 Å². The van der Waals surface area contributed by atoms with Crippen molar-refractivity contribution < 1.29 is 9.90 Å². The standard InChI is InChI=1S/C10H12N4O2S/c1-7(5-14-4-2-3-11-14)12-10-13-8(6-17-10)9(15)16/h2-4,6-7H,5H2,1H3,(H,12,13)(H,15,16). The fourth-order valence-electron chi connectivity index (χ4n) is 1.38. The number of carboxylic acid groups (broad SMARTS) is 1. The fourth-order valence-corrected chi connectivity index (χ4v) is 2.18. The predicted molar refractivity (Wildman–Crippen MR) is 64.4 cm³/mol. The molecule has 0 spiro atoms. The monoisotopic (exact) mass is 252 g/mol. The predicted octanol–water partition coefficient (Wildman–Crippen LogP) is 1.54. The summed E-state index contributed by atoms with van der Waals surface area (Å²) in [5.74, 6) is -1.01. The number of carbonyl (C=O) groups is 1. The van der Waals surface area contributed by atoms with Crippen LogP contribution in [0, 0.1) is 0 Å². The molecular formula is C10H12N4O2S. The second-order valence-corrected chi connectivity index (χ2v) is 4.47. The van der Waals surface area contributed by atoms with E-state index in [0.717, 1.165) is 0 Å². The van der Waals surface area contributed by atoms with Crippen LogP contribution in [-0.2, 0) is 6.54 Å². The Morgan fingerprint density at radius 3 is 3.12 bits per heavy atom. The summed E-state index contributed by atoms with van der Waals surface area (Å²) in [7, 11) is 0. The van der Waals surface area contributed by atoms with Gasteiger partial charge >= 0.3 is 5.97 Å². The smallest absolute Gasteiger partial charge is 0.355 e. The Kier molecular flexibility index (Phi) is 3.38. The molecule has 2 aromatic heterocycles. The zero-order chi connectivity index (χ0) is 12.3. The molecule has 0 aliphatic carbocycles. The second kappa shape index (κ2) is 4.96. The summed E-state index contributed by atoms with van der Waals surface area (Å²) < 4.78 is 1.81. The van der Waals surface area contributed by atoms with Gasteiger partial charge in [-0.05, 0) is 13.0 Å². The summed E-state index contributed by atoms with van der Waals surface area (Å²) in [5, 5.41) is 18.1. The number of nitrogens with zero attached hydrogens (tertiary/aromatic N) is 3. The lowest BCUT2D eigenvalue weighted by Crippen LogP contribution is -2.22. The molecule has 17 heavy (non-hydrogen) atoms. The molecule has 0 radical (unpaired) electrons. The van der Waals surface area contributed by atoms with Gasteiger partial charge in [0, 0.05) is 23.8 Å². The molecule has 90 valence electrons. The van der Waals surface area contributed by atoms with E-state index in [9.17, 15) is 4.79 Å². The van der Waals surface area contributed by atoms with Crippen molar-refractivity contribution in [1.82, 2.24) is 14.8 Å². The fraction of sp³-hybridized carbons (Fsp3) is 0.300. The zero-order valence-electron chi connectivity index (χ0n) is 9.20. The number of hydrogen-bond acceptors (Lipinski definition) is 5. The van der Waals surface area contributed by atoms with Crippen molar-refractivity contribution in [2.75, 3.05) is 5.32 Å². The maximum atomic E-state index is 10.7. The number of rotatable bonds is 5. The highest BCUT2D eigenvalue weighted by atomic mass is 32.1. The van der Waals surface area contributed by atoms with E-state index < -0.39 is 5.97 Å². The Morgan fingerprint density at radius 2 is 2.53 bits per heavy atom. The van der Waals surface area contributed by atoms with Gasteiger partial charge in [0.1, 0.15) is 0 Å². The highest BCUT2D eigenvalue weighted by Gasteiger charge is 2.10. The molecular weight excluding hydrogens is 240 g/mol. The highest BCUT2D eigenvalue weighted by Crippen LogP contribution is 2.16. The molecule has 2 aromatic rings. The van der Waals surface area contributed by atoms with E-state index in [1.165, 1.54) is 16.7 Å². The van der Waals surface area contributed by atoms with Crippen molar-refractivity contribution in [3.63, 3.8) is 0 Å². The lowest BCUT2D eigenvalue weighted by atomic mass is 10.3. The molecule has 6 nitrogen and oxygen atoms in total. The van der Waals surface area contributed by atoms with Crippen LogP contribution >= 0.6 is 11.3 Å². The third-order valence-corrected chi connectivity index (χ3v) is 2.89. The van der Waals surface area contributed by atoms with Crippen LogP contribution < -0.4 is 5.32 Å². The van der Waals surface area contributed by atoms with E-state index >= 15 is 0 Å². The van der Waals surface area contributed by atoms with Crippen LogP contribution in [0.25, 0.3) is 0 Å². The van der Waals surface area contributed by atoms with Gasteiger partial charge < -0.3 is 10.4 Å². The van der Waals surface area contributed by atoms with Crippen LogP contribution in [0.15, 0.2) is 23.8 Å². The van der Waals surface area contributed by atoms with Gasteiger partial charge in [-0.25, -0.2) is 9.78 Å². The van der Waals surface area contributed by atoms with Gasteiger partial charge in [0.15, 0.2) is 10.8 Å². The van der Waals surface area contributed by atoms with E-state index in [1.54, 1.807) is 6.20 Å². The molecule has 1 atom stereocenters. The van der Waals surface area contributed by atoms with Crippen LogP contribution in [0.5, 0.6) is 0 Å². The third-order valence-electron chi connectivity index (χ3n) is 2.11. The van der Waals surface area contributed by atoms with E-state index in [0.29, 0.717) is 11.7 Å². The molecule has 0 aliphatic rings. The first kappa shape index (κ1) is 11.6. The van der Waals surface area contributed by atoms with Crippen LogP contribution in [0.2, 0.25) is 0 Å². The first-order valence-corrected chi connectivity index (χ1v) is 5.96. The minimum atomic E-state index is -1.01. The minimum Gasteiger partial charge on any atom is -0.476 e. The van der Waals surface area contributed by atoms with E-state index in [-0.39, 0.29) is 11.7 Å². The Hall–Kier alpha value is -1.89. The molecule has 0 fully saturated rings. The Balaban J connectivity index is 1.93. The maximum absolute atomic E-state index is 10.7. The number of aromatic nitrogens is 3. The quantitative estimate of drug-likeness (QED) is 0.843. The molecule has 2 heterocycles. The lowest BCUT2D eigenvalue weighted by Gasteiger charge is -2.12. The number of hydrogen-bond donors (Lipinski definition) is 2. The lowest BCUT2D eigenvalue weighted by molar-refractivity contribution is 0.0691. The average Bonchev–Trinajstić information content (AvgIpc) is 2.88. The molecule has 1 unspecified atom stereocenters. The molecule has 0 saturated heterocycles. The Morgan fingerprint density at radius 1 is 1.71 bits per heavy atom. The van der Waals surface area contributed by atoms with Crippen LogP contribution in [0.4, 0.5) is 5.13 Å². The van der Waals surface area contributed by atoms with Crippen molar-refractivity contribution in [3.8, 4) is 0 Å². The topological polar surface area (TPSA) is 80.0 Å². The number of aromatic carboxylic acids is 1. The largest absolute Gasteiger partial charge is 0.476 e. The normalized spacial score (nSPS) is 12.3. The van der Waals surface area contributed by atoms with Gasteiger partial charge in [-0.15, -0.1) is 11.3 Å². The average molecular weight is 252 g/mol. The van der Waals surface area contributed by atoms with Gasteiger partial charge in [0.25, 0.3) is 0 Å². The molecule has 2 N–H and O–H groups in total. The van der Waals surface area contributed by atoms with Gasteiger partial charge in [-0.2, -0.15) is 5.10 Å². The summed E-state index contributed by atoms with van der Waals surface area (Å²) in [4.78, 5) is 14.6. The SMILES string of the molecule is CC(Cn1cccn1)Nc1nc(C(=O)O)cs1. The number of anilines is 1. The van der Waals surface area contributed by atoms with Gasteiger partial charge in [-0.3, -0.25) is 4.68 Å². The minimum absolute atomic E-state index is 0.0730. The van der Waals surface area contributed by atoms with Gasteiger partial charge in [0.05, 0.1) is 6.54 Å².